The summed E-state index contributed by atoms with van der Waals surface area (Å²) in [5.74, 6) is 0.712. The number of nitrogens with one attached hydrogen (secondary N) is 1. The molecule has 0 saturated heterocycles. The van der Waals surface area contributed by atoms with Gasteiger partial charge in [-0.2, -0.15) is 0 Å². The third-order valence-electron chi connectivity index (χ3n) is 3.45. The number of rotatable bonds is 6. The SMILES string of the molecule is COc1ccccc1CN(CCO)C(=O)Nc1nc(C)c(C)s1. The lowest BCUT2D eigenvalue weighted by Crippen LogP contribution is -2.36. The van der Waals surface area contributed by atoms with E-state index in [-0.39, 0.29) is 19.2 Å². The van der Waals surface area contributed by atoms with Gasteiger partial charge in [0.05, 0.1) is 26.0 Å². The highest BCUT2D eigenvalue weighted by atomic mass is 32.1. The number of hydrogen-bond acceptors (Lipinski definition) is 5. The molecular weight excluding hydrogens is 314 g/mol. The predicted octanol–water partition coefficient (Wildman–Crippen LogP) is 2.79. The predicted molar refractivity (Wildman–Crippen MR) is 91.1 cm³/mol. The van der Waals surface area contributed by atoms with Crippen molar-refractivity contribution in [3.05, 3.63) is 40.4 Å². The number of methoxy groups -OCH3 is 1. The van der Waals surface area contributed by atoms with Gasteiger partial charge in [-0.3, -0.25) is 5.32 Å². The molecule has 0 spiro atoms. The Kier molecular flexibility index (Phi) is 5.95. The minimum Gasteiger partial charge on any atom is -0.496 e. The molecule has 0 fully saturated rings. The van der Waals surface area contributed by atoms with Gasteiger partial charge >= 0.3 is 6.03 Å². The fourth-order valence-electron chi connectivity index (χ4n) is 2.11. The summed E-state index contributed by atoms with van der Waals surface area (Å²) in [5.41, 5.74) is 1.79. The zero-order chi connectivity index (χ0) is 16.8. The van der Waals surface area contributed by atoms with Crippen LogP contribution < -0.4 is 10.1 Å². The third kappa shape index (κ3) is 4.43. The van der Waals surface area contributed by atoms with Crippen molar-refractivity contribution < 1.29 is 14.6 Å². The number of thiazole rings is 1. The van der Waals surface area contributed by atoms with Crippen molar-refractivity contribution in [2.75, 3.05) is 25.6 Å². The van der Waals surface area contributed by atoms with Gasteiger partial charge in [-0.15, -0.1) is 11.3 Å². The van der Waals surface area contributed by atoms with Crippen LogP contribution in [0.1, 0.15) is 16.1 Å². The van der Waals surface area contributed by atoms with Crippen molar-refractivity contribution in [3.63, 3.8) is 0 Å². The fourth-order valence-corrected chi connectivity index (χ4v) is 2.91. The number of carbonyl (C=O) groups is 1. The highest BCUT2D eigenvalue weighted by Gasteiger charge is 2.17. The summed E-state index contributed by atoms with van der Waals surface area (Å²) < 4.78 is 5.31. The summed E-state index contributed by atoms with van der Waals surface area (Å²) in [5, 5.41) is 12.6. The van der Waals surface area contributed by atoms with E-state index < -0.39 is 0 Å². The number of carbonyl (C=O) groups excluding carboxylic acids is 1. The molecule has 0 aliphatic heterocycles. The Labute approximate surface area is 139 Å². The number of ether oxygens (including phenoxy) is 1. The molecule has 2 aromatic rings. The summed E-state index contributed by atoms with van der Waals surface area (Å²) in [6.07, 6.45) is 0. The van der Waals surface area contributed by atoms with E-state index in [1.54, 1.807) is 7.11 Å². The first kappa shape index (κ1) is 17.2. The maximum absolute atomic E-state index is 12.5. The van der Waals surface area contributed by atoms with Crippen molar-refractivity contribution in [1.82, 2.24) is 9.88 Å². The summed E-state index contributed by atoms with van der Waals surface area (Å²) >= 11 is 1.44. The quantitative estimate of drug-likeness (QED) is 0.851. The standard InChI is InChI=1S/C16H21N3O3S/c1-11-12(2)23-15(17-11)18-16(21)19(8-9-20)10-13-6-4-5-7-14(13)22-3/h4-7,20H,8-10H2,1-3H3,(H,17,18,21). The van der Waals surface area contributed by atoms with Crippen LogP contribution in [0.4, 0.5) is 9.93 Å². The number of aliphatic hydroxyl groups excluding tert-OH is 1. The van der Waals surface area contributed by atoms with Crippen LogP contribution >= 0.6 is 11.3 Å². The smallest absolute Gasteiger partial charge is 0.324 e. The van der Waals surface area contributed by atoms with Crippen LogP contribution in [0.2, 0.25) is 0 Å². The van der Waals surface area contributed by atoms with Crippen molar-refractivity contribution in [2.45, 2.75) is 20.4 Å². The van der Waals surface area contributed by atoms with Crippen LogP contribution in [-0.2, 0) is 6.54 Å². The second-order valence-electron chi connectivity index (χ2n) is 5.05. The molecule has 6 nitrogen and oxygen atoms in total. The molecule has 0 atom stereocenters. The molecule has 0 bridgehead atoms. The first-order valence-electron chi connectivity index (χ1n) is 7.28. The van der Waals surface area contributed by atoms with Crippen LogP contribution in [-0.4, -0.2) is 41.3 Å². The molecule has 1 heterocycles. The minimum atomic E-state index is -0.293. The molecule has 2 N–H and O–H groups in total. The fraction of sp³-hybridized carbons (Fsp3) is 0.375. The lowest BCUT2D eigenvalue weighted by atomic mass is 10.2. The van der Waals surface area contributed by atoms with Crippen LogP contribution in [0.3, 0.4) is 0 Å². The number of para-hydroxylation sites is 1. The van der Waals surface area contributed by atoms with Crippen molar-refractivity contribution in [2.24, 2.45) is 0 Å². The van der Waals surface area contributed by atoms with Gasteiger partial charge in [-0.05, 0) is 19.9 Å². The molecule has 0 radical (unpaired) electrons. The maximum Gasteiger partial charge on any atom is 0.324 e. The van der Waals surface area contributed by atoms with Gasteiger partial charge in [0, 0.05) is 17.0 Å². The zero-order valence-electron chi connectivity index (χ0n) is 13.5. The second-order valence-corrected chi connectivity index (χ2v) is 6.25. The number of aromatic nitrogens is 1. The second kappa shape index (κ2) is 7.94. The van der Waals surface area contributed by atoms with E-state index >= 15 is 0 Å². The van der Waals surface area contributed by atoms with Crippen LogP contribution in [0, 0.1) is 13.8 Å². The molecule has 1 aromatic heterocycles. The van der Waals surface area contributed by atoms with Gasteiger partial charge in [0.15, 0.2) is 5.13 Å². The van der Waals surface area contributed by atoms with E-state index in [0.29, 0.717) is 17.4 Å². The van der Waals surface area contributed by atoms with Crippen molar-refractivity contribution in [3.8, 4) is 5.75 Å². The Morgan fingerprint density at radius 1 is 1.39 bits per heavy atom. The van der Waals surface area contributed by atoms with E-state index in [9.17, 15) is 9.90 Å². The zero-order valence-corrected chi connectivity index (χ0v) is 14.3. The lowest BCUT2D eigenvalue weighted by molar-refractivity contribution is 0.184. The van der Waals surface area contributed by atoms with Gasteiger partial charge in [0.2, 0.25) is 0 Å². The number of aliphatic hydroxyl groups is 1. The molecule has 2 amide bonds. The van der Waals surface area contributed by atoms with Gasteiger partial charge in [-0.1, -0.05) is 18.2 Å². The van der Waals surface area contributed by atoms with E-state index in [0.717, 1.165) is 16.1 Å². The van der Waals surface area contributed by atoms with Crippen LogP contribution in [0.25, 0.3) is 0 Å². The van der Waals surface area contributed by atoms with Crippen LogP contribution in [0.15, 0.2) is 24.3 Å². The van der Waals surface area contributed by atoms with Gasteiger partial charge in [0.1, 0.15) is 5.75 Å². The summed E-state index contributed by atoms with van der Waals surface area (Å²) in [6.45, 7) is 4.33. The number of amides is 2. The molecule has 2 rings (SSSR count). The molecule has 124 valence electrons. The normalized spacial score (nSPS) is 10.4. The minimum absolute atomic E-state index is 0.113. The van der Waals surface area contributed by atoms with Crippen LogP contribution in [0.5, 0.6) is 5.75 Å². The summed E-state index contributed by atoms with van der Waals surface area (Å²) in [7, 11) is 1.59. The number of urea groups is 1. The van der Waals surface area contributed by atoms with Gasteiger partial charge in [0.25, 0.3) is 0 Å². The number of benzene rings is 1. The van der Waals surface area contributed by atoms with Crippen molar-refractivity contribution in [1.29, 1.82) is 0 Å². The van der Waals surface area contributed by atoms with Crippen molar-refractivity contribution >= 4 is 22.5 Å². The monoisotopic (exact) mass is 335 g/mol. The molecule has 1 aromatic carbocycles. The molecule has 0 saturated carbocycles. The van der Waals surface area contributed by atoms with E-state index in [2.05, 4.69) is 10.3 Å². The molecule has 0 aliphatic carbocycles. The van der Waals surface area contributed by atoms with Gasteiger partial charge < -0.3 is 14.7 Å². The maximum atomic E-state index is 12.5. The first-order chi connectivity index (χ1) is 11.0. The highest BCUT2D eigenvalue weighted by Crippen LogP contribution is 2.23. The van der Waals surface area contributed by atoms with E-state index in [1.807, 2.05) is 38.1 Å². The number of aryl methyl sites for hydroxylation is 2. The summed E-state index contributed by atoms with van der Waals surface area (Å²) in [6, 6.07) is 7.21. The average Bonchev–Trinajstić information content (AvgIpc) is 2.85. The Hall–Kier alpha value is -2.12. The average molecular weight is 335 g/mol. The highest BCUT2D eigenvalue weighted by molar-refractivity contribution is 7.15. The molecule has 7 heteroatoms. The number of hydrogen-bond donors (Lipinski definition) is 2. The van der Waals surface area contributed by atoms with E-state index in [4.69, 9.17) is 4.74 Å². The largest absolute Gasteiger partial charge is 0.496 e. The topological polar surface area (TPSA) is 74.7 Å². The Morgan fingerprint density at radius 3 is 2.74 bits per heavy atom. The Morgan fingerprint density at radius 2 is 2.13 bits per heavy atom. The molecular formula is C16H21N3O3S. The van der Waals surface area contributed by atoms with E-state index in [1.165, 1.54) is 16.2 Å². The van der Waals surface area contributed by atoms with Gasteiger partial charge in [-0.25, -0.2) is 9.78 Å². The Bertz CT molecular complexity index is 653. The molecule has 0 aliphatic rings. The molecule has 0 unspecified atom stereocenters. The first-order valence-corrected chi connectivity index (χ1v) is 8.09. The third-order valence-corrected chi connectivity index (χ3v) is 4.44. The number of anilines is 1. The number of nitrogens with zero attached hydrogens (tertiary/aromatic N) is 2. The Balaban J connectivity index is 2.12. The molecule has 23 heavy (non-hydrogen) atoms. The summed E-state index contributed by atoms with van der Waals surface area (Å²) in [4.78, 5) is 19.4. The lowest BCUT2D eigenvalue weighted by Gasteiger charge is -2.22.